The van der Waals surface area contributed by atoms with Crippen molar-refractivity contribution in [1.29, 1.82) is 0 Å². The van der Waals surface area contributed by atoms with E-state index < -0.39 is 5.97 Å². The molecule has 0 saturated carbocycles. The number of hydrogen-bond acceptors (Lipinski definition) is 3. The first-order valence-electron chi connectivity index (χ1n) is 7.01. The van der Waals surface area contributed by atoms with Crippen LogP contribution in [0, 0.1) is 6.92 Å². The highest BCUT2D eigenvalue weighted by atomic mass is 79.9. The van der Waals surface area contributed by atoms with Gasteiger partial charge in [-0.05, 0) is 65.2 Å². The summed E-state index contributed by atoms with van der Waals surface area (Å²) in [6.45, 7) is 4.98. The molecule has 2 aromatic rings. The Balaban J connectivity index is 2.12. The van der Waals surface area contributed by atoms with E-state index in [1.807, 2.05) is 31.2 Å². The molecule has 5 heteroatoms. The smallest absolute Gasteiger partial charge is 0.336 e. The number of carbonyl (C=O) groups is 1. The van der Waals surface area contributed by atoms with Gasteiger partial charge in [0.05, 0.1) is 16.6 Å². The van der Waals surface area contributed by atoms with Crippen LogP contribution in [-0.4, -0.2) is 17.7 Å². The predicted octanol–water partition coefficient (Wildman–Crippen LogP) is 4.47. The van der Waals surface area contributed by atoms with Crippen molar-refractivity contribution in [3.63, 3.8) is 0 Å². The fraction of sp³-hybridized carbons (Fsp3) is 0.235. The van der Waals surface area contributed by atoms with Gasteiger partial charge in [0.2, 0.25) is 0 Å². The van der Waals surface area contributed by atoms with Crippen molar-refractivity contribution >= 4 is 27.6 Å². The monoisotopic (exact) mass is 363 g/mol. The lowest BCUT2D eigenvalue weighted by molar-refractivity contribution is 0.0696. The number of anilines is 1. The summed E-state index contributed by atoms with van der Waals surface area (Å²) in [6.07, 6.45) is 0. The van der Waals surface area contributed by atoms with Crippen LogP contribution in [0.5, 0.6) is 5.75 Å². The van der Waals surface area contributed by atoms with E-state index in [0.29, 0.717) is 18.7 Å². The lowest BCUT2D eigenvalue weighted by atomic mass is 10.1. The van der Waals surface area contributed by atoms with Gasteiger partial charge in [0.1, 0.15) is 5.75 Å². The largest absolute Gasteiger partial charge is 0.493 e. The number of aromatic carboxylic acids is 1. The molecule has 22 heavy (non-hydrogen) atoms. The molecule has 0 aromatic heterocycles. The number of nitrogens with one attached hydrogen (secondary N) is 1. The maximum atomic E-state index is 11.1. The summed E-state index contributed by atoms with van der Waals surface area (Å²) in [5.74, 6) is -0.0970. The lowest BCUT2D eigenvalue weighted by Crippen LogP contribution is -2.06. The number of ether oxygens (including phenoxy) is 1. The molecule has 0 saturated heterocycles. The Bertz CT molecular complexity index is 686. The fourth-order valence-electron chi connectivity index (χ4n) is 2.18. The maximum Gasteiger partial charge on any atom is 0.336 e. The molecule has 2 aromatic carbocycles. The van der Waals surface area contributed by atoms with Gasteiger partial charge >= 0.3 is 5.97 Å². The third kappa shape index (κ3) is 3.80. The van der Waals surface area contributed by atoms with Crippen LogP contribution in [-0.2, 0) is 6.54 Å². The zero-order valence-corrected chi connectivity index (χ0v) is 14.1. The van der Waals surface area contributed by atoms with Crippen molar-refractivity contribution in [3.8, 4) is 5.75 Å². The summed E-state index contributed by atoms with van der Waals surface area (Å²) >= 11 is 3.49. The second-order valence-corrected chi connectivity index (χ2v) is 5.69. The standard InChI is InChI=1S/C17H18BrNO3/c1-3-22-16-8-7-12(9-14(16)18)10-19-15-6-4-5-13(11(15)2)17(20)21/h4-9,19H,3,10H2,1-2H3,(H,20,21). The van der Waals surface area contributed by atoms with E-state index in [4.69, 9.17) is 9.84 Å². The minimum atomic E-state index is -0.912. The van der Waals surface area contributed by atoms with Crippen LogP contribution in [0.25, 0.3) is 0 Å². The van der Waals surface area contributed by atoms with E-state index in [9.17, 15) is 4.79 Å². The minimum Gasteiger partial charge on any atom is -0.493 e. The summed E-state index contributed by atoms with van der Waals surface area (Å²) in [6, 6.07) is 11.1. The molecular formula is C17H18BrNO3. The van der Waals surface area contributed by atoms with Gasteiger partial charge in [0.25, 0.3) is 0 Å². The lowest BCUT2D eigenvalue weighted by Gasteiger charge is -2.13. The second-order valence-electron chi connectivity index (χ2n) is 4.83. The summed E-state index contributed by atoms with van der Waals surface area (Å²) in [7, 11) is 0. The second kappa shape index (κ2) is 7.31. The SMILES string of the molecule is CCOc1ccc(CNc2cccc(C(=O)O)c2C)cc1Br. The molecule has 0 fully saturated rings. The van der Waals surface area contributed by atoms with Crippen molar-refractivity contribution in [2.75, 3.05) is 11.9 Å². The van der Waals surface area contributed by atoms with Crippen LogP contribution in [0.15, 0.2) is 40.9 Å². The molecule has 2 rings (SSSR count). The first-order chi connectivity index (χ1) is 10.5. The molecule has 0 atom stereocenters. The normalized spacial score (nSPS) is 10.3. The zero-order chi connectivity index (χ0) is 16.1. The Kier molecular flexibility index (Phi) is 5.44. The molecule has 0 amide bonds. The zero-order valence-electron chi connectivity index (χ0n) is 12.5. The van der Waals surface area contributed by atoms with E-state index in [2.05, 4.69) is 21.2 Å². The average Bonchev–Trinajstić information content (AvgIpc) is 2.48. The molecule has 0 aliphatic rings. The van der Waals surface area contributed by atoms with Gasteiger partial charge in [-0.2, -0.15) is 0 Å². The van der Waals surface area contributed by atoms with Crippen molar-refractivity contribution in [2.24, 2.45) is 0 Å². The van der Waals surface area contributed by atoms with Crippen LogP contribution >= 0.6 is 15.9 Å². The molecule has 0 heterocycles. The summed E-state index contributed by atoms with van der Waals surface area (Å²) < 4.78 is 6.39. The molecule has 0 bridgehead atoms. The average molecular weight is 364 g/mol. The van der Waals surface area contributed by atoms with Crippen molar-refractivity contribution < 1.29 is 14.6 Å². The molecular weight excluding hydrogens is 346 g/mol. The van der Waals surface area contributed by atoms with Crippen molar-refractivity contribution in [1.82, 2.24) is 0 Å². The Morgan fingerprint density at radius 3 is 2.73 bits per heavy atom. The molecule has 0 radical (unpaired) electrons. The van der Waals surface area contributed by atoms with Gasteiger partial charge in [0, 0.05) is 12.2 Å². The molecule has 0 aliphatic carbocycles. The maximum absolute atomic E-state index is 11.1. The summed E-state index contributed by atoms with van der Waals surface area (Å²) in [4.78, 5) is 11.1. The van der Waals surface area contributed by atoms with Crippen LogP contribution in [0.4, 0.5) is 5.69 Å². The predicted molar refractivity (Wildman–Crippen MR) is 90.8 cm³/mol. The molecule has 0 aliphatic heterocycles. The third-order valence-corrected chi connectivity index (χ3v) is 3.96. The Hall–Kier alpha value is -2.01. The highest BCUT2D eigenvalue weighted by Gasteiger charge is 2.10. The van der Waals surface area contributed by atoms with Crippen LogP contribution in [0.3, 0.4) is 0 Å². The van der Waals surface area contributed by atoms with E-state index in [1.165, 1.54) is 0 Å². The van der Waals surface area contributed by atoms with Crippen LogP contribution < -0.4 is 10.1 Å². The van der Waals surface area contributed by atoms with Gasteiger partial charge in [-0.1, -0.05) is 12.1 Å². The first-order valence-corrected chi connectivity index (χ1v) is 7.80. The Morgan fingerprint density at radius 2 is 2.09 bits per heavy atom. The number of rotatable bonds is 6. The quantitative estimate of drug-likeness (QED) is 0.794. The molecule has 116 valence electrons. The Morgan fingerprint density at radius 1 is 1.32 bits per heavy atom. The minimum absolute atomic E-state index is 0.317. The number of benzene rings is 2. The molecule has 0 unspecified atom stereocenters. The van der Waals surface area contributed by atoms with Gasteiger partial charge in [-0.15, -0.1) is 0 Å². The fourth-order valence-corrected chi connectivity index (χ4v) is 2.72. The van der Waals surface area contributed by atoms with E-state index >= 15 is 0 Å². The summed E-state index contributed by atoms with van der Waals surface area (Å²) in [5, 5.41) is 12.4. The van der Waals surface area contributed by atoms with Crippen LogP contribution in [0.1, 0.15) is 28.4 Å². The highest BCUT2D eigenvalue weighted by molar-refractivity contribution is 9.10. The van der Waals surface area contributed by atoms with Gasteiger partial charge in [-0.25, -0.2) is 4.79 Å². The third-order valence-electron chi connectivity index (χ3n) is 3.34. The number of carboxylic acids is 1. The van der Waals surface area contributed by atoms with Crippen molar-refractivity contribution in [3.05, 3.63) is 57.6 Å². The van der Waals surface area contributed by atoms with E-state index in [-0.39, 0.29) is 0 Å². The summed E-state index contributed by atoms with van der Waals surface area (Å²) in [5.41, 5.74) is 2.96. The van der Waals surface area contributed by atoms with E-state index in [1.54, 1.807) is 19.1 Å². The van der Waals surface area contributed by atoms with Gasteiger partial charge in [0.15, 0.2) is 0 Å². The van der Waals surface area contributed by atoms with Crippen molar-refractivity contribution in [2.45, 2.75) is 20.4 Å². The number of halogens is 1. The van der Waals surface area contributed by atoms with Gasteiger partial charge < -0.3 is 15.2 Å². The molecule has 0 spiro atoms. The number of hydrogen-bond donors (Lipinski definition) is 2. The molecule has 4 nitrogen and oxygen atoms in total. The first kappa shape index (κ1) is 16.4. The number of carboxylic acid groups (broad SMARTS) is 1. The van der Waals surface area contributed by atoms with Crippen LogP contribution in [0.2, 0.25) is 0 Å². The topological polar surface area (TPSA) is 58.6 Å². The highest BCUT2D eigenvalue weighted by Crippen LogP contribution is 2.27. The Labute approximate surface area is 138 Å². The van der Waals surface area contributed by atoms with E-state index in [0.717, 1.165) is 27.0 Å². The molecule has 2 N–H and O–H groups in total. The van der Waals surface area contributed by atoms with Gasteiger partial charge in [-0.3, -0.25) is 0 Å².